The number of hydrogen-bond donors (Lipinski definition) is 3. The third-order valence-corrected chi connectivity index (χ3v) is 6.77. The van der Waals surface area contributed by atoms with Crippen LogP contribution in [0.25, 0.3) is 0 Å². The Balaban J connectivity index is 2.18. The zero-order valence-electron chi connectivity index (χ0n) is 22.6. The number of amides is 3. The van der Waals surface area contributed by atoms with E-state index < -0.39 is 5.91 Å². The minimum Gasteiger partial charge on any atom is -0.369 e. The minimum atomic E-state index is -0.413. The Labute approximate surface area is 221 Å². The maximum Gasteiger partial charge on any atom is 0.231 e. The number of benzene rings is 1. The first-order valence-electron chi connectivity index (χ1n) is 13.2. The molecule has 0 aromatic heterocycles. The molecule has 1 aromatic rings. The highest BCUT2D eigenvalue weighted by molar-refractivity contribution is 5.76. The molecule has 1 aromatic carbocycles. The summed E-state index contributed by atoms with van der Waals surface area (Å²) in [4.78, 5) is 45.8. The summed E-state index contributed by atoms with van der Waals surface area (Å²) in [6, 6.07) is 8.68. The van der Waals surface area contributed by atoms with Crippen LogP contribution < -0.4 is 17.2 Å². The van der Waals surface area contributed by atoms with Gasteiger partial charge in [0.2, 0.25) is 17.7 Å². The van der Waals surface area contributed by atoms with Gasteiger partial charge in [-0.3, -0.25) is 38.9 Å². The fourth-order valence-corrected chi connectivity index (χ4v) is 4.66. The average molecular weight is 519 g/mol. The first kappa shape index (κ1) is 30.7. The summed E-state index contributed by atoms with van der Waals surface area (Å²) in [5, 5.41) is 0. The van der Waals surface area contributed by atoms with Gasteiger partial charge in [-0.2, -0.15) is 0 Å². The van der Waals surface area contributed by atoms with E-state index in [4.69, 9.17) is 17.2 Å². The highest BCUT2D eigenvalue weighted by Crippen LogP contribution is 2.12. The third kappa shape index (κ3) is 12.5. The summed E-state index contributed by atoms with van der Waals surface area (Å²) >= 11 is 0. The second kappa shape index (κ2) is 16.3. The van der Waals surface area contributed by atoms with E-state index in [1.54, 1.807) is 0 Å². The van der Waals surface area contributed by atoms with Crippen molar-refractivity contribution in [3.05, 3.63) is 35.4 Å². The van der Waals surface area contributed by atoms with Crippen LogP contribution in [0, 0.1) is 0 Å². The number of rotatable bonds is 12. The molecule has 37 heavy (non-hydrogen) atoms. The van der Waals surface area contributed by atoms with Gasteiger partial charge in [0.1, 0.15) is 0 Å². The molecule has 0 spiro atoms. The zero-order chi connectivity index (χ0) is 27.2. The van der Waals surface area contributed by atoms with Crippen molar-refractivity contribution in [3.63, 3.8) is 0 Å². The SMILES string of the molecule is CCN(CC)Cc1cccc(CN2CCN(CC(N)=O)CCN(CC(N)=O)CCN(CC(N)=O)CC2)c1. The van der Waals surface area contributed by atoms with E-state index in [0.29, 0.717) is 39.3 Å². The Morgan fingerprint density at radius 1 is 0.676 bits per heavy atom. The molecular formula is C26H46N8O3. The van der Waals surface area contributed by atoms with Crippen LogP contribution in [0.3, 0.4) is 0 Å². The van der Waals surface area contributed by atoms with Crippen molar-refractivity contribution < 1.29 is 14.4 Å². The smallest absolute Gasteiger partial charge is 0.231 e. The van der Waals surface area contributed by atoms with Crippen LogP contribution >= 0.6 is 0 Å². The Morgan fingerprint density at radius 2 is 1.05 bits per heavy atom. The molecule has 2 rings (SSSR count). The van der Waals surface area contributed by atoms with Crippen LogP contribution in [0.5, 0.6) is 0 Å². The molecule has 1 fully saturated rings. The van der Waals surface area contributed by atoms with Gasteiger partial charge in [-0.25, -0.2) is 0 Å². The Bertz CT molecular complexity index is 832. The number of nitrogens with two attached hydrogens (primary N) is 3. The molecule has 208 valence electrons. The topological polar surface area (TPSA) is 145 Å². The van der Waals surface area contributed by atoms with Crippen molar-refractivity contribution >= 4 is 17.7 Å². The summed E-state index contributed by atoms with van der Waals surface area (Å²) in [5.74, 6) is -1.17. The lowest BCUT2D eigenvalue weighted by Gasteiger charge is -2.33. The molecule has 0 bridgehead atoms. The lowest BCUT2D eigenvalue weighted by molar-refractivity contribution is -0.121. The molecule has 1 saturated heterocycles. The van der Waals surface area contributed by atoms with Crippen LogP contribution in [-0.2, 0) is 27.5 Å². The van der Waals surface area contributed by atoms with Gasteiger partial charge < -0.3 is 17.2 Å². The van der Waals surface area contributed by atoms with Crippen LogP contribution in [0.1, 0.15) is 25.0 Å². The number of nitrogens with zero attached hydrogens (tertiary/aromatic N) is 5. The standard InChI is InChI=1S/C26H46N8O3/c1-3-30(4-2)17-22-6-5-7-23(16-22)18-31-8-10-32(19-24(27)35)12-14-34(21-26(29)37)15-13-33(11-9-31)20-25(28)36/h5-7,16H,3-4,8-15,17-21H2,1-2H3,(H2,27,35)(H2,28,36)(H2,29,37). The number of carbonyl (C=O) groups excluding carboxylic acids is 3. The predicted molar refractivity (Wildman–Crippen MR) is 145 cm³/mol. The molecule has 1 heterocycles. The average Bonchev–Trinajstić information content (AvgIpc) is 2.83. The molecule has 11 heteroatoms. The number of primary amides is 3. The van der Waals surface area contributed by atoms with Crippen LogP contribution in [0.15, 0.2) is 24.3 Å². The summed E-state index contributed by atoms with van der Waals surface area (Å²) in [5.41, 5.74) is 19.0. The monoisotopic (exact) mass is 518 g/mol. The van der Waals surface area contributed by atoms with Crippen molar-refractivity contribution in [2.45, 2.75) is 26.9 Å². The molecule has 0 aliphatic carbocycles. The molecule has 1 aliphatic heterocycles. The predicted octanol–water partition coefficient (Wildman–Crippen LogP) is -1.29. The van der Waals surface area contributed by atoms with E-state index in [-0.39, 0.29) is 31.4 Å². The second-order valence-corrected chi connectivity index (χ2v) is 9.78. The molecule has 0 unspecified atom stereocenters. The van der Waals surface area contributed by atoms with Gasteiger partial charge in [0.15, 0.2) is 0 Å². The van der Waals surface area contributed by atoms with Crippen molar-refractivity contribution in [2.24, 2.45) is 17.2 Å². The van der Waals surface area contributed by atoms with Crippen molar-refractivity contribution in [2.75, 3.05) is 85.1 Å². The maximum atomic E-state index is 11.7. The van der Waals surface area contributed by atoms with Crippen molar-refractivity contribution in [1.29, 1.82) is 0 Å². The molecule has 3 amide bonds. The first-order valence-corrected chi connectivity index (χ1v) is 13.2. The van der Waals surface area contributed by atoms with Crippen molar-refractivity contribution in [1.82, 2.24) is 24.5 Å². The summed E-state index contributed by atoms with van der Waals surface area (Å²) < 4.78 is 0. The molecular weight excluding hydrogens is 472 g/mol. The quantitative estimate of drug-likeness (QED) is 0.310. The van der Waals surface area contributed by atoms with E-state index in [9.17, 15) is 14.4 Å². The van der Waals surface area contributed by atoms with E-state index >= 15 is 0 Å². The largest absolute Gasteiger partial charge is 0.369 e. The lowest BCUT2D eigenvalue weighted by atomic mass is 10.1. The number of carbonyl (C=O) groups is 3. The van der Waals surface area contributed by atoms with E-state index in [0.717, 1.165) is 39.3 Å². The maximum absolute atomic E-state index is 11.7. The van der Waals surface area contributed by atoms with Crippen molar-refractivity contribution in [3.8, 4) is 0 Å². The van der Waals surface area contributed by atoms with E-state index in [1.165, 1.54) is 11.1 Å². The van der Waals surface area contributed by atoms with Crippen LogP contribution in [-0.4, -0.2) is 127 Å². The van der Waals surface area contributed by atoms with E-state index in [2.05, 4.69) is 47.9 Å². The first-order chi connectivity index (χ1) is 17.7. The summed E-state index contributed by atoms with van der Waals surface area (Å²) in [7, 11) is 0. The third-order valence-electron chi connectivity index (χ3n) is 6.77. The molecule has 6 N–H and O–H groups in total. The van der Waals surface area contributed by atoms with Gasteiger partial charge >= 0.3 is 0 Å². The fraction of sp³-hybridized carbons (Fsp3) is 0.654. The molecule has 0 radical (unpaired) electrons. The molecule has 1 aliphatic rings. The zero-order valence-corrected chi connectivity index (χ0v) is 22.6. The van der Waals surface area contributed by atoms with Gasteiger partial charge in [0, 0.05) is 65.4 Å². The van der Waals surface area contributed by atoms with Gasteiger partial charge in [-0.15, -0.1) is 0 Å². The van der Waals surface area contributed by atoms with E-state index in [1.807, 2.05) is 14.7 Å². The summed E-state index contributed by atoms with van der Waals surface area (Å²) in [6.45, 7) is 13.5. The van der Waals surface area contributed by atoms with Crippen LogP contribution in [0.4, 0.5) is 0 Å². The lowest BCUT2D eigenvalue weighted by Crippen LogP contribution is -2.49. The highest BCUT2D eigenvalue weighted by atomic mass is 16.2. The highest BCUT2D eigenvalue weighted by Gasteiger charge is 2.19. The Kier molecular flexibility index (Phi) is 13.5. The normalized spacial score (nSPS) is 17.8. The van der Waals surface area contributed by atoms with Gasteiger partial charge in [-0.1, -0.05) is 38.1 Å². The van der Waals surface area contributed by atoms with Crippen LogP contribution in [0.2, 0.25) is 0 Å². The Morgan fingerprint density at radius 3 is 1.43 bits per heavy atom. The molecule has 11 nitrogen and oxygen atoms in total. The summed E-state index contributed by atoms with van der Waals surface area (Å²) in [6.07, 6.45) is 0. The molecule has 0 saturated carbocycles. The van der Waals surface area contributed by atoms with Gasteiger partial charge in [-0.05, 0) is 24.2 Å². The number of hydrogen-bond acceptors (Lipinski definition) is 8. The second-order valence-electron chi connectivity index (χ2n) is 9.78. The fourth-order valence-electron chi connectivity index (χ4n) is 4.66. The Hall–Kier alpha value is -2.57. The van der Waals surface area contributed by atoms with Gasteiger partial charge in [0.25, 0.3) is 0 Å². The van der Waals surface area contributed by atoms with Gasteiger partial charge in [0.05, 0.1) is 19.6 Å². The molecule has 0 atom stereocenters. The minimum absolute atomic E-state index is 0.116.